The number of hydrogen-bond donors (Lipinski definition) is 1. The summed E-state index contributed by atoms with van der Waals surface area (Å²) in [4.78, 5) is 26.2. The van der Waals surface area contributed by atoms with Crippen molar-refractivity contribution in [2.75, 3.05) is 0 Å². The molecule has 1 aromatic heterocycles. The van der Waals surface area contributed by atoms with Crippen LogP contribution in [0.5, 0.6) is 0 Å². The van der Waals surface area contributed by atoms with Crippen molar-refractivity contribution in [2.45, 2.75) is 40.5 Å². The molecule has 0 radical (unpaired) electrons. The number of hydrogen-bond acceptors (Lipinski definition) is 6. The first-order valence-electron chi connectivity index (χ1n) is 9.02. The molecule has 1 N–H and O–H groups in total. The van der Waals surface area contributed by atoms with Crippen LogP contribution in [0.3, 0.4) is 0 Å². The number of carboxylic acids is 1. The van der Waals surface area contributed by atoms with Gasteiger partial charge in [0, 0.05) is 22.6 Å². The number of carbonyl (C=O) groups excluding carboxylic acids is 2. The lowest BCUT2D eigenvalue weighted by atomic mass is 9.91. The molecule has 2 aliphatic heterocycles. The summed E-state index contributed by atoms with van der Waals surface area (Å²) in [7, 11) is 0. The van der Waals surface area contributed by atoms with Crippen LogP contribution in [0.4, 0.5) is 0 Å². The minimum absolute atomic E-state index is 0.304. The van der Waals surface area contributed by atoms with Gasteiger partial charge in [-0.2, -0.15) is 0 Å². The van der Waals surface area contributed by atoms with Gasteiger partial charge in [0.25, 0.3) is 0 Å². The van der Waals surface area contributed by atoms with E-state index in [4.69, 9.17) is 0 Å². The minimum Gasteiger partial charge on any atom is -0.548 e. The van der Waals surface area contributed by atoms with Crippen molar-refractivity contribution < 1.29 is 24.4 Å². The lowest BCUT2D eigenvalue weighted by Crippen LogP contribution is -2.65. The Bertz CT molecular complexity index is 876. The SMILES string of the molecule is C[C@@H](O)[C@H]1C(=O)N2C(C(=O)[O-])C(Sc3ccc(C[n+]4ccccc4)cc3)S[C@H]12. The van der Waals surface area contributed by atoms with Crippen molar-refractivity contribution in [3.05, 3.63) is 60.4 Å². The van der Waals surface area contributed by atoms with Crippen molar-refractivity contribution in [1.29, 1.82) is 0 Å². The number of rotatable bonds is 6. The molecule has 2 unspecified atom stereocenters. The van der Waals surface area contributed by atoms with Crippen LogP contribution >= 0.6 is 23.5 Å². The summed E-state index contributed by atoms with van der Waals surface area (Å²) in [6.07, 6.45) is 3.21. The molecule has 3 heterocycles. The van der Waals surface area contributed by atoms with E-state index >= 15 is 0 Å². The highest BCUT2D eigenvalue weighted by atomic mass is 32.2. The van der Waals surface area contributed by atoms with E-state index in [1.54, 1.807) is 6.92 Å². The van der Waals surface area contributed by atoms with Gasteiger partial charge in [0.2, 0.25) is 5.91 Å². The lowest BCUT2D eigenvalue weighted by molar-refractivity contribution is -0.688. The standard InChI is InChI=1S/C20H20N2O4S2/c1-12(23)15-17(24)22-16(19(25)26)20(28-18(15)22)27-14-7-5-13(6-8-14)11-21-9-3-2-4-10-21/h2-10,12,15-16,18,20,23H,11H2,1H3/t12-,15+,16?,18-,20?/m1/s1. The number of aliphatic carboxylic acids is 1. The second-order valence-electron chi connectivity index (χ2n) is 6.98. The molecule has 2 aromatic rings. The van der Waals surface area contributed by atoms with Crippen LogP contribution in [0.15, 0.2) is 59.8 Å². The van der Waals surface area contributed by atoms with Crippen molar-refractivity contribution in [1.82, 2.24) is 4.90 Å². The zero-order valence-electron chi connectivity index (χ0n) is 15.2. The Morgan fingerprint density at radius 1 is 1.29 bits per heavy atom. The molecule has 0 bridgehead atoms. The Labute approximate surface area is 171 Å². The highest BCUT2D eigenvalue weighted by molar-refractivity contribution is 8.17. The molecule has 0 saturated carbocycles. The third-order valence-electron chi connectivity index (χ3n) is 5.03. The second-order valence-corrected chi connectivity index (χ2v) is 9.76. The molecule has 146 valence electrons. The van der Waals surface area contributed by atoms with Crippen molar-refractivity contribution in [2.24, 2.45) is 5.92 Å². The average molecular weight is 417 g/mol. The van der Waals surface area contributed by atoms with Gasteiger partial charge in [-0.1, -0.05) is 18.2 Å². The van der Waals surface area contributed by atoms with Crippen LogP contribution < -0.4 is 9.67 Å². The zero-order chi connectivity index (χ0) is 19.8. The van der Waals surface area contributed by atoms with E-state index in [1.807, 2.05) is 54.9 Å². The number of nitrogens with zero attached hydrogens (tertiary/aromatic N) is 2. The van der Waals surface area contributed by atoms with Crippen LogP contribution in [0.1, 0.15) is 12.5 Å². The molecule has 2 aliphatic rings. The van der Waals surface area contributed by atoms with Crippen LogP contribution in [-0.2, 0) is 16.1 Å². The number of amides is 1. The van der Waals surface area contributed by atoms with E-state index in [0.717, 1.165) is 17.0 Å². The molecule has 2 saturated heterocycles. The molecule has 1 aromatic carbocycles. The van der Waals surface area contributed by atoms with E-state index in [0.29, 0.717) is 0 Å². The highest BCUT2D eigenvalue weighted by Gasteiger charge is 2.60. The number of aliphatic hydroxyl groups is 1. The van der Waals surface area contributed by atoms with Gasteiger partial charge in [0.15, 0.2) is 18.9 Å². The van der Waals surface area contributed by atoms with Crippen molar-refractivity contribution in [3.63, 3.8) is 0 Å². The first kappa shape index (κ1) is 19.3. The number of fused-ring (bicyclic) bond motifs is 1. The lowest BCUT2D eigenvalue weighted by Gasteiger charge is -2.45. The molecule has 28 heavy (non-hydrogen) atoms. The summed E-state index contributed by atoms with van der Waals surface area (Å²) in [6.45, 7) is 2.32. The van der Waals surface area contributed by atoms with Gasteiger partial charge in [0.1, 0.15) is 0 Å². The first-order valence-corrected chi connectivity index (χ1v) is 10.8. The van der Waals surface area contributed by atoms with Gasteiger partial charge in [-0.05, 0) is 19.1 Å². The van der Waals surface area contributed by atoms with Crippen LogP contribution in [0.25, 0.3) is 0 Å². The predicted molar refractivity (Wildman–Crippen MR) is 104 cm³/mol. The number of carboxylic acid groups (broad SMARTS) is 1. The quantitative estimate of drug-likeness (QED) is 0.544. The normalized spacial score (nSPS) is 27.2. The van der Waals surface area contributed by atoms with Crippen LogP contribution in [-0.4, -0.2) is 44.0 Å². The molecular weight excluding hydrogens is 396 g/mol. The third-order valence-corrected chi connectivity index (χ3v) is 8.01. The summed E-state index contributed by atoms with van der Waals surface area (Å²) < 4.78 is 1.71. The number of aliphatic hydroxyl groups excluding tert-OH is 1. The Hall–Kier alpha value is -2.03. The second kappa shape index (κ2) is 7.77. The molecule has 6 nitrogen and oxygen atoms in total. The minimum atomic E-state index is -1.25. The molecule has 8 heteroatoms. The predicted octanol–water partition coefficient (Wildman–Crippen LogP) is 0.471. The summed E-state index contributed by atoms with van der Waals surface area (Å²) in [5.74, 6) is -2.09. The van der Waals surface area contributed by atoms with Crippen molar-refractivity contribution in [3.8, 4) is 0 Å². The fourth-order valence-electron chi connectivity index (χ4n) is 3.62. The van der Waals surface area contributed by atoms with E-state index < -0.39 is 24.0 Å². The molecule has 1 amide bonds. The molecule has 0 spiro atoms. The third kappa shape index (κ3) is 3.52. The van der Waals surface area contributed by atoms with Gasteiger partial charge in [-0.3, -0.25) is 4.79 Å². The van der Waals surface area contributed by atoms with E-state index in [2.05, 4.69) is 4.57 Å². The molecule has 5 atom stereocenters. The summed E-state index contributed by atoms with van der Waals surface area (Å²) in [5.41, 5.74) is 1.14. The molecule has 0 aliphatic carbocycles. The maximum Gasteiger partial charge on any atom is 0.232 e. The van der Waals surface area contributed by atoms with E-state index in [1.165, 1.54) is 28.4 Å². The fourth-order valence-corrected chi connectivity index (χ4v) is 6.99. The first-order chi connectivity index (χ1) is 13.5. The smallest absolute Gasteiger partial charge is 0.232 e. The fraction of sp³-hybridized carbons (Fsp3) is 0.350. The number of carbonyl (C=O) groups is 2. The monoisotopic (exact) mass is 416 g/mol. The number of pyridine rings is 1. The highest BCUT2D eigenvalue weighted by Crippen LogP contribution is 2.53. The zero-order valence-corrected chi connectivity index (χ0v) is 16.8. The summed E-state index contributed by atoms with van der Waals surface area (Å²) in [6, 6.07) is 12.9. The largest absolute Gasteiger partial charge is 0.548 e. The van der Waals surface area contributed by atoms with Gasteiger partial charge < -0.3 is 19.9 Å². The van der Waals surface area contributed by atoms with Crippen LogP contribution in [0.2, 0.25) is 0 Å². The summed E-state index contributed by atoms with van der Waals surface area (Å²) >= 11 is 2.85. The van der Waals surface area contributed by atoms with E-state index in [9.17, 15) is 19.8 Å². The van der Waals surface area contributed by atoms with Gasteiger partial charge in [-0.15, -0.1) is 23.5 Å². The number of aromatic nitrogens is 1. The maximum atomic E-state index is 12.3. The number of benzene rings is 1. The summed E-state index contributed by atoms with van der Waals surface area (Å²) in [5, 5.41) is 21.2. The Morgan fingerprint density at radius 2 is 1.96 bits per heavy atom. The Morgan fingerprint density at radius 3 is 2.57 bits per heavy atom. The molecular formula is C20H20N2O4S2. The van der Waals surface area contributed by atoms with Gasteiger partial charge in [-0.25, -0.2) is 4.57 Å². The van der Waals surface area contributed by atoms with Gasteiger partial charge in [0.05, 0.1) is 34.0 Å². The van der Waals surface area contributed by atoms with Crippen molar-refractivity contribution >= 4 is 35.4 Å². The van der Waals surface area contributed by atoms with E-state index in [-0.39, 0.29) is 15.9 Å². The van der Waals surface area contributed by atoms with Gasteiger partial charge >= 0.3 is 0 Å². The Balaban J connectivity index is 1.46. The number of β-lactam (4-membered cyclic amide) rings is 1. The maximum absolute atomic E-state index is 12.3. The number of thioether (sulfide) groups is 2. The topological polar surface area (TPSA) is 84.5 Å². The average Bonchev–Trinajstić information content (AvgIpc) is 2.98. The molecule has 4 rings (SSSR count). The molecule has 2 fully saturated rings. The Kier molecular flexibility index (Phi) is 5.35. The van der Waals surface area contributed by atoms with Crippen LogP contribution in [0, 0.1) is 5.92 Å².